The summed E-state index contributed by atoms with van der Waals surface area (Å²) in [6.07, 6.45) is 2.53. The first-order valence-electron chi connectivity index (χ1n) is 7.01. The molecule has 2 rings (SSSR count). The van der Waals surface area contributed by atoms with Gasteiger partial charge in [-0.05, 0) is 31.0 Å². The van der Waals surface area contributed by atoms with E-state index in [1.54, 1.807) is 0 Å². The second-order valence-electron chi connectivity index (χ2n) is 5.13. The van der Waals surface area contributed by atoms with E-state index in [1.165, 1.54) is 29.6 Å². The van der Waals surface area contributed by atoms with Crippen LogP contribution in [0.5, 0.6) is 0 Å². The van der Waals surface area contributed by atoms with Crippen LogP contribution in [0.1, 0.15) is 29.6 Å². The van der Waals surface area contributed by atoms with Crippen LogP contribution in [0.15, 0.2) is 23.1 Å². The SMILES string of the molecule is COC(=O)c1ccc(S(=O)(=O)N2CCCCC2CN)cc1Cl. The van der Waals surface area contributed by atoms with Crippen LogP contribution >= 0.6 is 11.6 Å². The van der Waals surface area contributed by atoms with Gasteiger partial charge in [0.15, 0.2) is 0 Å². The monoisotopic (exact) mass is 346 g/mol. The number of halogens is 1. The Morgan fingerprint density at radius 3 is 2.77 bits per heavy atom. The largest absolute Gasteiger partial charge is 0.465 e. The van der Waals surface area contributed by atoms with Crippen molar-refractivity contribution in [3.05, 3.63) is 28.8 Å². The lowest BCUT2D eigenvalue weighted by Crippen LogP contribution is -2.47. The fraction of sp³-hybridized carbons (Fsp3) is 0.500. The molecule has 1 fully saturated rings. The molecule has 0 bridgehead atoms. The Hall–Kier alpha value is -1.15. The average Bonchev–Trinajstić information content (AvgIpc) is 2.53. The Bertz CT molecular complexity index is 663. The molecular formula is C14H19ClN2O4S. The normalized spacial score (nSPS) is 19.9. The van der Waals surface area contributed by atoms with Crippen LogP contribution in [-0.2, 0) is 14.8 Å². The fourth-order valence-corrected chi connectivity index (χ4v) is 4.65. The third-order valence-corrected chi connectivity index (χ3v) is 6.06. The van der Waals surface area contributed by atoms with E-state index in [4.69, 9.17) is 17.3 Å². The first kappa shape index (κ1) is 17.2. The van der Waals surface area contributed by atoms with Crippen LogP contribution in [0, 0.1) is 0 Å². The summed E-state index contributed by atoms with van der Waals surface area (Å²) in [7, 11) is -2.44. The van der Waals surface area contributed by atoms with Crippen molar-refractivity contribution >= 4 is 27.6 Å². The number of ether oxygens (including phenoxy) is 1. The zero-order valence-corrected chi connectivity index (χ0v) is 13.9. The summed E-state index contributed by atoms with van der Waals surface area (Å²) >= 11 is 6.01. The third-order valence-electron chi connectivity index (χ3n) is 3.80. The van der Waals surface area contributed by atoms with Crippen molar-refractivity contribution in [2.75, 3.05) is 20.2 Å². The highest BCUT2D eigenvalue weighted by atomic mass is 35.5. The highest BCUT2D eigenvalue weighted by Gasteiger charge is 2.33. The van der Waals surface area contributed by atoms with E-state index < -0.39 is 16.0 Å². The maximum absolute atomic E-state index is 12.8. The van der Waals surface area contributed by atoms with Gasteiger partial charge in [-0.3, -0.25) is 0 Å². The maximum atomic E-state index is 12.8. The number of nitrogens with two attached hydrogens (primary N) is 1. The second kappa shape index (κ2) is 6.95. The molecule has 1 aliphatic rings. The van der Waals surface area contributed by atoms with Gasteiger partial charge < -0.3 is 10.5 Å². The quantitative estimate of drug-likeness (QED) is 0.837. The topological polar surface area (TPSA) is 89.7 Å². The summed E-state index contributed by atoms with van der Waals surface area (Å²) in [4.78, 5) is 11.6. The first-order valence-corrected chi connectivity index (χ1v) is 8.83. The van der Waals surface area contributed by atoms with Crippen molar-refractivity contribution in [1.29, 1.82) is 0 Å². The number of hydrogen-bond acceptors (Lipinski definition) is 5. The molecule has 0 aromatic heterocycles. The lowest BCUT2D eigenvalue weighted by atomic mass is 10.1. The van der Waals surface area contributed by atoms with E-state index in [2.05, 4.69) is 4.74 Å². The highest BCUT2D eigenvalue weighted by molar-refractivity contribution is 7.89. The molecule has 0 aliphatic carbocycles. The first-order chi connectivity index (χ1) is 10.4. The Morgan fingerprint density at radius 2 is 2.18 bits per heavy atom. The number of carbonyl (C=O) groups is 1. The van der Waals surface area contributed by atoms with E-state index in [1.807, 2.05) is 0 Å². The van der Waals surface area contributed by atoms with E-state index in [0.29, 0.717) is 6.54 Å². The molecule has 1 unspecified atom stereocenters. The van der Waals surface area contributed by atoms with Crippen LogP contribution in [-0.4, -0.2) is 44.9 Å². The molecule has 0 spiro atoms. The Kier molecular flexibility index (Phi) is 5.44. The van der Waals surface area contributed by atoms with Gasteiger partial charge in [0.2, 0.25) is 10.0 Å². The summed E-state index contributed by atoms with van der Waals surface area (Å²) in [5.41, 5.74) is 5.82. The number of nitrogens with zero attached hydrogens (tertiary/aromatic N) is 1. The lowest BCUT2D eigenvalue weighted by molar-refractivity contribution is 0.0601. The van der Waals surface area contributed by atoms with Gasteiger partial charge in [0.05, 0.1) is 22.6 Å². The van der Waals surface area contributed by atoms with Crippen molar-refractivity contribution in [3.8, 4) is 0 Å². The summed E-state index contributed by atoms with van der Waals surface area (Å²) in [6, 6.07) is 3.82. The van der Waals surface area contributed by atoms with Gasteiger partial charge in [-0.15, -0.1) is 0 Å². The van der Waals surface area contributed by atoms with E-state index in [0.717, 1.165) is 19.3 Å². The predicted octanol–water partition coefficient (Wildman–Crippen LogP) is 1.63. The summed E-state index contributed by atoms with van der Waals surface area (Å²) in [6.45, 7) is 0.730. The van der Waals surface area contributed by atoms with Crippen molar-refractivity contribution in [1.82, 2.24) is 4.31 Å². The summed E-state index contributed by atoms with van der Waals surface area (Å²) in [5.74, 6) is -0.605. The van der Waals surface area contributed by atoms with Gasteiger partial charge in [0, 0.05) is 19.1 Å². The van der Waals surface area contributed by atoms with Crippen molar-refractivity contribution in [2.24, 2.45) is 5.73 Å². The van der Waals surface area contributed by atoms with Crippen molar-refractivity contribution in [2.45, 2.75) is 30.2 Å². The van der Waals surface area contributed by atoms with Gasteiger partial charge in [-0.2, -0.15) is 4.31 Å². The van der Waals surface area contributed by atoms with Gasteiger partial charge in [-0.25, -0.2) is 13.2 Å². The predicted molar refractivity (Wildman–Crippen MR) is 83.4 cm³/mol. The Labute approximate surface area is 135 Å². The average molecular weight is 347 g/mol. The smallest absolute Gasteiger partial charge is 0.339 e. The van der Waals surface area contributed by atoms with Gasteiger partial charge in [0.1, 0.15) is 0 Å². The molecule has 1 atom stereocenters. The maximum Gasteiger partial charge on any atom is 0.339 e. The second-order valence-corrected chi connectivity index (χ2v) is 7.43. The molecule has 1 heterocycles. The van der Waals surface area contributed by atoms with Crippen LogP contribution in [0.3, 0.4) is 0 Å². The van der Waals surface area contributed by atoms with Crippen molar-refractivity contribution < 1.29 is 17.9 Å². The molecule has 0 radical (unpaired) electrons. The number of benzene rings is 1. The Morgan fingerprint density at radius 1 is 1.45 bits per heavy atom. The van der Waals surface area contributed by atoms with E-state index in [9.17, 15) is 13.2 Å². The standard InChI is InChI=1S/C14H19ClN2O4S/c1-21-14(18)12-6-5-11(8-13(12)15)22(19,20)17-7-3-2-4-10(17)9-16/h5-6,8,10H,2-4,7,9,16H2,1H3. The summed E-state index contributed by atoms with van der Waals surface area (Å²) in [5, 5.41) is 0.0502. The molecule has 1 saturated heterocycles. The minimum Gasteiger partial charge on any atom is -0.465 e. The molecule has 6 nitrogen and oxygen atoms in total. The lowest BCUT2D eigenvalue weighted by Gasteiger charge is -2.33. The molecule has 0 amide bonds. The van der Waals surface area contributed by atoms with Gasteiger partial charge >= 0.3 is 5.97 Å². The van der Waals surface area contributed by atoms with Gasteiger partial charge in [-0.1, -0.05) is 18.0 Å². The molecule has 122 valence electrons. The molecule has 1 aliphatic heterocycles. The Balaban J connectivity index is 2.37. The van der Waals surface area contributed by atoms with Crippen LogP contribution in [0.4, 0.5) is 0 Å². The molecule has 1 aromatic rings. The molecule has 2 N–H and O–H groups in total. The molecule has 8 heteroatoms. The zero-order chi connectivity index (χ0) is 16.3. The van der Waals surface area contributed by atoms with Crippen LogP contribution in [0.2, 0.25) is 5.02 Å². The minimum absolute atomic E-state index is 0.0502. The molecule has 0 saturated carbocycles. The summed E-state index contributed by atoms with van der Waals surface area (Å²) < 4.78 is 31.5. The number of methoxy groups -OCH3 is 1. The van der Waals surface area contributed by atoms with Crippen LogP contribution < -0.4 is 5.73 Å². The highest BCUT2D eigenvalue weighted by Crippen LogP contribution is 2.28. The number of carbonyl (C=O) groups excluding carboxylic acids is 1. The number of esters is 1. The minimum atomic E-state index is -3.68. The van der Waals surface area contributed by atoms with E-state index in [-0.39, 0.29) is 28.1 Å². The molecular weight excluding hydrogens is 328 g/mol. The van der Waals surface area contributed by atoms with E-state index >= 15 is 0 Å². The number of sulfonamides is 1. The number of piperidine rings is 1. The number of hydrogen-bond donors (Lipinski definition) is 1. The number of rotatable bonds is 4. The van der Waals surface area contributed by atoms with Gasteiger partial charge in [0.25, 0.3) is 0 Å². The molecule has 22 heavy (non-hydrogen) atoms. The fourth-order valence-electron chi connectivity index (χ4n) is 2.59. The molecule has 1 aromatic carbocycles. The van der Waals surface area contributed by atoms with Crippen molar-refractivity contribution in [3.63, 3.8) is 0 Å². The zero-order valence-electron chi connectivity index (χ0n) is 12.3. The van der Waals surface area contributed by atoms with Crippen LogP contribution in [0.25, 0.3) is 0 Å². The third kappa shape index (κ3) is 3.27.